The summed E-state index contributed by atoms with van der Waals surface area (Å²) in [5.41, 5.74) is 0.367. The maximum atomic E-state index is 12.6. The Hall–Kier alpha value is -1.27. The lowest BCUT2D eigenvalue weighted by atomic mass is 10.2. The number of rotatable bonds is 6. The zero-order chi connectivity index (χ0) is 20.0. The molecule has 164 valence electrons. The molecule has 2 unspecified atom stereocenters. The third-order valence-electron chi connectivity index (χ3n) is 4.91. The van der Waals surface area contributed by atoms with Gasteiger partial charge in [0.2, 0.25) is 0 Å². The summed E-state index contributed by atoms with van der Waals surface area (Å²) in [6, 6.07) is 6.58. The van der Waals surface area contributed by atoms with Crippen molar-refractivity contribution in [2.75, 3.05) is 32.8 Å². The van der Waals surface area contributed by atoms with Gasteiger partial charge in [-0.05, 0) is 32.4 Å². The first-order valence-corrected chi connectivity index (χ1v) is 9.66. The molecule has 2 aliphatic heterocycles. The summed E-state index contributed by atoms with van der Waals surface area (Å²) in [4.78, 5) is 6.87. The Bertz CT molecular complexity index is 675. The Morgan fingerprint density at radius 3 is 2.86 bits per heavy atom. The number of hydrogen-bond donors (Lipinski definition) is 2. The second-order valence-corrected chi connectivity index (χ2v) is 6.98. The van der Waals surface area contributed by atoms with Gasteiger partial charge < -0.3 is 20.1 Å². The van der Waals surface area contributed by atoms with Gasteiger partial charge in [-0.3, -0.25) is 4.90 Å². The van der Waals surface area contributed by atoms with Crippen molar-refractivity contribution < 1.29 is 22.6 Å². The van der Waals surface area contributed by atoms with Gasteiger partial charge >= 0.3 is 6.36 Å². The molecule has 1 aromatic rings. The molecule has 0 spiro atoms. The largest absolute Gasteiger partial charge is 0.573 e. The van der Waals surface area contributed by atoms with Crippen molar-refractivity contribution in [1.29, 1.82) is 0 Å². The number of benzene rings is 1. The highest BCUT2D eigenvalue weighted by Gasteiger charge is 2.33. The standard InChI is InChI=1S/C19H27F3N4O2.HI/c1-2-23-18(25-11-16-12-26-9-5-7-15(26)13-27-16)24-10-14-6-3-4-8-17(14)28-19(20,21)22;/h3-4,6,8,15-16H,2,5,7,9-13H2,1H3,(H2,23,24,25);1H. The zero-order valence-corrected chi connectivity index (χ0v) is 18.7. The van der Waals surface area contributed by atoms with E-state index in [0.29, 0.717) is 30.7 Å². The van der Waals surface area contributed by atoms with Crippen LogP contribution in [0.15, 0.2) is 29.3 Å². The molecular weight excluding hydrogens is 500 g/mol. The highest BCUT2D eigenvalue weighted by Crippen LogP contribution is 2.26. The Balaban J connectivity index is 0.00000300. The number of ether oxygens (including phenoxy) is 2. The van der Waals surface area contributed by atoms with Crippen molar-refractivity contribution in [1.82, 2.24) is 15.5 Å². The molecule has 3 rings (SSSR count). The van der Waals surface area contributed by atoms with Crippen molar-refractivity contribution in [3.8, 4) is 5.75 Å². The minimum atomic E-state index is -4.73. The van der Waals surface area contributed by atoms with Crippen LogP contribution in [0.4, 0.5) is 13.2 Å². The number of nitrogens with zero attached hydrogens (tertiary/aromatic N) is 2. The molecule has 2 N–H and O–H groups in total. The average Bonchev–Trinajstić information content (AvgIpc) is 3.11. The Labute approximate surface area is 186 Å². The second kappa shape index (κ2) is 11.2. The van der Waals surface area contributed by atoms with E-state index < -0.39 is 6.36 Å². The highest BCUT2D eigenvalue weighted by molar-refractivity contribution is 14.0. The molecule has 29 heavy (non-hydrogen) atoms. The first-order valence-electron chi connectivity index (χ1n) is 9.66. The monoisotopic (exact) mass is 528 g/mol. The maximum absolute atomic E-state index is 12.6. The molecule has 0 amide bonds. The minimum absolute atomic E-state index is 0. The van der Waals surface area contributed by atoms with E-state index in [2.05, 4.69) is 25.3 Å². The van der Waals surface area contributed by atoms with Gasteiger partial charge in [-0.25, -0.2) is 4.99 Å². The highest BCUT2D eigenvalue weighted by atomic mass is 127. The average molecular weight is 528 g/mol. The van der Waals surface area contributed by atoms with Gasteiger partial charge in [0.1, 0.15) is 5.75 Å². The van der Waals surface area contributed by atoms with Crippen LogP contribution >= 0.6 is 24.0 Å². The van der Waals surface area contributed by atoms with E-state index in [1.807, 2.05) is 6.92 Å². The van der Waals surface area contributed by atoms with E-state index in [0.717, 1.165) is 19.7 Å². The number of fused-ring (bicyclic) bond motifs is 1. The molecule has 2 atom stereocenters. The number of guanidine groups is 1. The van der Waals surface area contributed by atoms with Crippen molar-refractivity contribution >= 4 is 29.9 Å². The number of nitrogens with one attached hydrogen (secondary N) is 2. The van der Waals surface area contributed by atoms with Gasteiger partial charge in [0, 0.05) is 31.2 Å². The second-order valence-electron chi connectivity index (χ2n) is 6.98. The predicted octanol–water partition coefficient (Wildman–Crippen LogP) is 3.12. The number of morpholine rings is 1. The number of para-hydroxylation sites is 1. The van der Waals surface area contributed by atoms with Crippen LogP contribution in [0.1, 0.15) is 25.3 Å². The van der Waals surface area contributed by atoms with Crippen molar-refractivity contribution in [3.05, 3.63) is 29.8 Å². The summed E-state index contributed by atoms with van der Waals surface area (Å²) in [6.45, 7) is 6.00. The summed E-state index contributed by atoms with van der Waals surface area (Å²) in [5, 5.41) is 6.35. The van der Waals surface area contributed by atoms with Crippen LogP contribution in [-0.4, -0.2) is 62.2 Å². The Morgan fingerprint density at radius 2 is 2.10 bits per heavy atom. The van der Waals surface area contributed by atoms with E-state index in [4.69, 9.17) is 4.74 Å². The molecule has 0 radical (unpaired) electrons. The summed E-state index contributed by atoms with van der Waals surface area (Å²) in [6.07, 6.45) is -2.24. The van der Waals surface area contributed by atoms with Crippen LogP contribution in [0.2, 0.25) is 0 Å². The summed E-state index contributed by atoms with van der Waals surface area (Å²) < 4.78 is 47.7. The predicted molar refractivity (Wildman–Crippen MR) is 116 cm³/mol. The van der Waals surface area contributed by atoms with Crippen molar-refractivity contribution in [2.24, 2.45) is 4.99 Å². The maximum Gasteiger partial charge on any atom is 0.573 e. The van der Waals surface area contributed by atoms with Gasteiger partial charge in [-0.2, -0.15) is 0 Å². The normalized spacial score (nSPS) is 22.6. The number of aliphatic imine (C=N–C) groups is 1. The molecule has 2 fully saturated rings. The third-order valence-corrected chi connectivity index (χ3v) is 4.91. The molecule has 2 heterocycles. The Morgan fingerprint density at radius 1 is 1.31 bits per heavy atom. The third kappa shape index (κ3) is 7.49. The molecule has 1 aromatic carbocycles. The van der Waals surface area contributed by atoms with Crippen LogP contribution < -0.4 is 15.4 Å². The van der Waals surface area contributed by atoms with Gasteiger partial charge in [-0.1, -0.05) is 18.2 Å². The zero-order valence-electron chi connectivity index (χ0n) is 16.4. The van der Waals surface area contributed by atoms with E-state index in [1.165, 1.54) is 25.0 Å². The van der Waals surface area contributed by atoms with E-state index in [-0.39, 0.29) is 42.4 Å². The molecule has 0 bridgehead atoms. The molecule has 0 aliphatic carbocycles. The SMILES string of the molecule is CCNC(=NCc1ccccc1OC(F)(F)F)NCC1CN2CCCC2CO1.I. The molecule has 2 aliphatic rings. The molecule has 0 aromatic heterocycles. The lowest BCUT2D eigenvalue weighted by molar-refractivity contribution is -0.274. The van der Waals surface area contributed by atoms with Gasteiger partial charge in [-0.15, -0.1) is 37.1 Å². The minimum Gasteiger partial charge on any atom is -0.405 e. The van der Waals surface area contributed by atoms with Crippen LogP contribution in [0, 0.1) is 0 Å². The van der Waals surface area contributed by atoms with Crippen LogP contribution in [0.5, 0.6) is 5.75 Å². The summed E-state index contributed by atoms with van der Waals surface area (Å²) in [5.74, 6) is 0.307. The molecule has 10 heteroatoms. The summed E-state index contributed by atoms with van der Waals surface area (Å²) >= 11 is 0. The fourth-order valence-electron chi connectivity index (χ4n) is 3.58. The Kier molecular flexibility index (Phi) is 9.28. The summed E-state index contributed by atoms with van der Waals surface area (Å²) in [7, 11) is 0. The number of alkyl halides is 3. The van der Waals surface area contributed by atoms with Gasteiger partial charge in [0.15, 0.2) is 5.96 Å². The van der Waals surface area contributed by atoms with E-state index in [1.54, 1.807) is 12.1 Å². The van der Waals surface area contributed by atoms with Crippen LogP contribution in [0.25, 0.3) is 0 Å². The van der Waals surface area contributed by atoms with E-state index in [9.17, 15) is 13.2 Å². The van der Waals surface area contributed by atoms with E-state index >= 15 is 0 Å². The van der Waals surface area contributed by atoms with Crippen molar-refractivity contribution in [2.45, 2.75) is 44.8 Å². The van der Waals surface area contributed by atoms with Gasteiger partial charge in [0.25, 0.3) is 0 Å². The van der Waals surface area contributed by atoms with Crippen LogP contribution in [-0.2, 0) is 11.3 Å². The lowest BCUT2D eigenvalue weighted by Crippen LogP contribution is -2.51. The molecule has 6 nitrogen and oxygen atoms in total. The molecule has 2 saturated heterocycles. The first kappa shape index (κ1) is 24.0. The van der Waals surface area contributed by atoms with Crippen LogP contribution in [0.3, 0.4) is 0 Å². The molecular formula is C19H28F3IN4O2. The first-order chi connectivity index (χ1) is 13.4. The number of hydrogen-bond acceptors (Lipinski definition) is 4. The van der Waals surface area contributed by atoms with Crippen molar-refractivity contribution in [3.63, 3.8) is 0 Å². The fourth-order valence-corrected chi connectivity index (χ4v) is 3.58. The molecule has 0 saturated carbocycles. The fraction of sp³-hybridized carbons (Fsp3) is 0.632. The number of halogens is 4. The van der Waals surface area contributed by atoms with Gasteiger partial charge in [0.05, 0.1) is 19.3 Å². The quantitative estimate of drug-likeness (QED) is 0.338. The lowest BCUT2D eigenvalue weighted by Gasteiger charge is -2.35. The topological polar surface area (TPSA) is 58.1 Å². The smallest absolute Gasteiger partial charge is 0.405 e.